The van der Waals surface area contributed by atoms with Crippen LogP contribution in [0.1, 0.15) is 58.5 Å². The van der Waals surface area contributed by atoms with Gasteiger partial charge in [0.2, 0.25) is 0 Å². The van der Waals surface area contributed by atoms with E-state index in [-0.39, 0.29) is 23.6 Å². The molecule has 1 aliphatic carbocycles. The molecule has 1 fully saturated rings. The highest BCUT2D eigenvalue weighted by Gasteiger charge is 2.17. The Hall–Kier alpha value is -2.69. The molecule has 0 unspecified atom stereocenters. The smallest absolute Gasteiger partial charge is 0.270 e. The van der Waals surface area contributed by atoms with Gasteiger partial charge in [-0.25, -0.2) is 0 Å². The van der Waals surface area contributed by atoms with Gasteiger partial charge in [-0.15, -0.1) is 0 Å². The maximum Gasteiger partial charge on any atom is 0.270 e. The number of carbonyl (C=O) groups excluding carboxylic acids is 2. The summed E-state index contributed by atoms with van der Waals surface area (Å²) in [5.74, 6) is -0.414. The van der Waals surface area contributed by atoms with E-state index < -0.39 is 0 Å². The van der Waals surface area contributed by atoms with Gasteiger partial charge in [0.05, 0.1) is 0 Å². The van der Waals surface area contributed by atoms with Gasteiger partial charge in [0.1, 0.15) is 5.69 Å². The standard InChI is InChI=1S/C20H23N3O2/c24-19(23-17-9-5-2-6-10-17)16-11-12-21-18(13-16)20(25)22-14-15-7-3-1-4-8-15/h1,3-4,7-8,11-13,17H,2,5-6,9-10,14H2,(H,22,25)(H,23,24). The predicted molar refractivity (Wildman–Crippen MR) is 96.2 cm³/mol. The van der Waals surface area contributed by atoms with Crippen molar-refractivity contribution in [3.63, 3.8) is 0 Å². The summed E-state index contributed by atoms with van der Waals surface area (Å²) in [6, 6.07) is 13.1. The molecular weight excluding hydrogens is 314 g/mol. The molecular formula is C20H23N3O2. The molecule has 5 nitrogen and oxygen atoms in total. The SMILES string of the molecule is O=C(NC1CCCCC1)c1ccnc(C(=O)NCc2ccccc2)c1. The average molecular weight is 337 g/mol. The zero-order chi connectivity index (χ0) is 17.5. The third-order valence-electron chi connectivity index (χ3n) is 4.49. The number of nitrogens with zero attached hydrogens (tertiary/aromatic N) is 1. The van der Waals surface area contributed by atoms with Gasteiger partial charge in [-0.05, 0) is 30.5 Å². The summed E-state index contributed by atoms with van der Waals surface area (Å²) in [7, 11) is 0. The number of aromatic nitrogens is 1. The molecule has 1 saturated carbocycles. The van der Waals surface area contributed by atoms with Gasteiger partial charge >= 0.3 is 0 Å². The Kier molecular flexibility index (Phi) is 5.77. The molecule has 1 heterocycles. The molecule has 1 aliphatic rings. The Labute approximate surface area is 147 Å². The van der Waals surface area contributed by atoms with Crippen LogP contribution in [0.25, 0.3) is 0 Å². The summed E-state index contributed by atoms with van der Waals surface area (Å²) in [5.41, 5.74) is 1.75. The second-order valence-corrected chi connectivity index (χ2v) is 6.41. The fourth-order valence-corrected chi connectivity index (χ4v) is 3.08. The number of carbonyl (C=O) groups is 2. The summed E-state index contributed by atoms with van der Waals surface area (Å²) in [5, 5.41) is 5.89. The number of rotatable bonds is 5. The molecule has 0 saturated heterocycles. The summed E-state index contributed by atoms with van der Waals surface area (Å²) < 4.78 is 0. The second-order valence-electron chi connectivity index (χ2n) is 6.41. The van der Waals surface area contributed by atoms with E-state index in [1.165, 1.54) is 12.6 Å². The first kappa shape index (κ1) is 17.1. The van der Waals surface area contributed by atoms with Crippen LogP contribution in [0.4, 0.5) is 0 Å². The Balaban J connectivity index is 1.60. The van der Waals surface area contributed by atoms with Crippen LogP contribution >= 0.6 is 0 Å². The summed E-state index contributed by atoms with van der Waals surface area (Å²) >= 11 is 0. The van der Waals surface area contributed by atoms with Crippen LogP contribution < -0.4 is 10.6 Å². The summed E-state index contributed by atoms with van der Waals surface area (Å²) in [6.45, 7) is 0.430. The molecule has 25 heavy (non-hydrogen) atoms. The van der Waals surface area contributed by atoms with Crippen LogP contribution in [0.3, 0.4) is 0 Å². The van der Waals surface area contributed by atoms with E-state index >= 15 is 0 Å². The first-order valence-corrected chi connectivity index (χ1v) is 8.81. The van der Waals surface area contributed by atoms with Crippen molar-refractivity contribution in [3.05, 3.63) is 65.5 Å². The number of hydrogen-bond donors (Lipinski definition) is 2. The molecule has 0 bridgehead atoms. The highest BCUT2D eigenvalue weighted by atomic mass is 16.2. The minimum Gasteiger partial charge on any atom is -0.349 e. The van der Waals surface area contributed by atoms with Crippen LogP contribution in [0.2, 0.25) is 0 Å². The zero-order valence-corrected chi connectivity index (χ0v) is 14.2. The highest BCUT2D eigenvalue weighted by Crippen LogP contribution is 2.18. The third kappa shape index (κ3) is 4.89. The molecule has 3 rings (SSSR count). The van der Waals surface area contributed by atoms with Gasteiger partial charge in [0, 0.05) is 24.3 Å². The van der Waals surface area contributed by atoms with Crippen LogP contribution in [0, 0.1) is 0 Å². The van der Waals surface area contributed by atoms with Gasteiger partial charge in [-0.1, -0.05) is 49.6 Å². The quantitative estimate of drug-likeness (QED) is 0.881. The lowest BCUT2D eigenvalue weighted by Gasteiger charge is -2.22. The van der Waals surface area contributed by atoms with Crippen LogP contribution in [0.5, 0.6) is 0 Å². The fraction of sp³-hybridized carbons (Fsp3) is 0.350. The topological polar surface area (TPSA) is 71.1 Å². The van der Waals surface area contributed by atoms with Crippen molar-refractivity contribution < 1.29 is 9.59 Å². The van der Waals surface area contributed by atoms with E-state index in [0.29, 0.717) is 12.1 Å². The second kappa shape index (κ2) is 8.42. The lowest BCUT2D eigenvalue weighted by atomic mass is 9.95. The van der Waals surface area contributed by atoms with Crippen molar-refractivity contribution in [1.29, 1.82) is 0 Å². The van der Waals surface area contributed by atoms with Crippen molar-refractivity contribution in [2.24, 2.45) is 0 Å². The summed E-state index contributed by atoms with van der Waals surface area (Å²) in [4.78, 5) is 28.8. The molecule has 2 amide bonds. The van der Waals surface area contributed by atoms with Gasteiger partial charge < -0.3 is 10.6 Å². The largest absolute Gasteiger partial charge is 0.349 e. The predicted octanol–water partition coefficient (Wildman–Crippen LogP) is 3.07. The van der Waals surface area contributed by atoms with Crippen molar-refractivity contribution in [1.82, 2.24) is 15.6 Å². The maximum atomic E-state index is 12.4. The zero-order valence-electron chi connectivity index (χ0n) is 14.2. The average Bonchev–Trinajstić information content (AvgIpc) is 2.68. The van der Waals surface area contributed by atoms with E-state index in [4.69, 9.17) is 0 Å². The maximum absolute atomic E-state index is 12.4. The van der Waals surface area contributed by atoms with Crippen LogP contribution in [-0.2, 0) is 6.54 Å². The number of pyridine rings is 1. The molecule has 2 aromatic rings. The molecule has 130 valence electrons. The van der Waals surface area contributed by atoms with E-state index in [0.717, 1.165) is 31.2 Å². The minimum absolute atomic E-state index is 0.133. The first-order valence-electron chi connectivity index (χ1n) is 8.81. The lowest BCUT2D eigenvalue weighted by Crippen LogP contribution is -2.36. The molecule has 0 spiro atoms. The van der Waals surface area contributed by atoms with Crippen molar-refractivity contribution in [2.75, 3.05) is 0 Å². The van der Waals surface area contributed by atoms with E-state index in [1.807, 2.05) is 30.3 Å². The molecule has 2 N–H and O–H groups in total. The normalized spacial score (nSPS) is 14.7. The van der Waals surface area contributed by atoms with Gasteiger partial charge in [-0.2, -0.15) is 0 Å². The molecule has 0 atom stereocenters. The molecule has 0 aliphatic heterocycles. The van der Waals surface area contributed by atoms with Crippen molar-refractivity contribution in [3.8, 4) is 0 Å². The number of nitrogens with one attached hydrogen (secondary N) is 2. The van der Waals surface area contributed by atoms with E-state index in [9.17, 15) is 9.59 Å². The van der Waals surface area contributed by atoms with Crippen LogP contribution in [0.15, 0.2) is 48.7 Å². The molecule has 1 aromatic heterocycles. The Morgan fingerprint density at radius 1 is 1.00 bits per heavy atom. The number of benzene rings is 1. The van der Waals surface area contributed by atoms with E-state index in [1.54, 1.807) is 12.1 Å². The molecule has 5 heteroatoms. The first-order chi connectivity index (χ1) is 12.2. The number of hydrogen-bond acceptors (Lipinski definition) is 3. The van der Waals surface area contributed by atoms with Gasteiger partial charge in [0.25, 0.3) is 11.8 Å². The van der Waals surface area contributed by atoms with Crippen molar-refractivity contribution >= 4 is 11.8 Å². The highest BCUT2D eigenvalue weighted by molar-refractivity contribution is 5.98. The lowest BCUT2D eigenvalue weighted by molar-refractivity contribution is 0.0927. The van der Waals surface area contributed by atoms with E-state index in [2.05, 4.69) is 15.6 Å². The monoisotopic (exact) mass is 337 g/mol. The minimum atomic E-state index is -0.281. The number of amides is 2. The van der Waals surface area contributed by atoms with Gasteiger partial charge in [-0.3, -0.25) is 14.6 Å². The molecule has 1 aromatic carbocycles. The summed E-state index contributed by atoms with van der Waals surface area (Å²) in [6.07, 6.45) is 7.13. The fourth-order valence-electron chi connectivity index (χ4n) is 3.08. The van der Waals surface area contributed by atoms with Gasteiger partial charge in [0.15, 0.2) is 0 Å². The Morgan fingerprint density at radius 3 is 2.52 bits per heavy atom. The van der Waals surface area contributed by atoms with Crippen LogP contribution in [-0.4, -0.2) is 22.8 Å². The van der Waals surface area contributed by atoms with Crippen molar-refractivity contribution in [2.45, 2.75) is 44.7 Å². The third-order valence-corrected chi connectivity index (χ3v) is 4.49. The molecule has 0 radical (unpaired) electrons. The Morgan fingerprint density at radius 2 is 1.76 bits per heavy atom. The Bertz CT molecular complexity index is 725.